The summed E-state index contributed by atoms with van der Waals surface area (Å²) in [6.45, 7) is 8.96. The Morgan fingerprint density at radius 3 is 2.02 bits per heavy atom. The molecule has 0 aliphatic carbocycles. The molecule has 0 unspecified atom stereocenters. The van der Waals surface area contributed by atoms with Gasteiger partial charge in [-0.05, 0) is 71.0 Å². The quantitative estimate of drug-likeness (QED) is 0.132. The number of methoxy groups -OCH3 is 1. The molecular formula is C37H41N3O6S. The van der Waals surface area contributed by atoms with E-state index in [4.69, 9.17) is 4.74 Å². The van der Waals surface area contributed by atoms with Crippen molar-refractivity contribution >= 4 is 33.6 Å². The van der Waals surface area contributed by atoms with Gasteiger partial charge in [-0.2, -0.15) is 0 Å². The topological polar surface area (TPSA) is 122 Å². The molecule has 3 amide bonds. The summed E-state index contributed by atoms with van der Waals surface area (Å²) in [6.07, 6.45) is 1.77. The van der Waals surface area contributed by atoms with Crippen LogP contribution < -0.4 is 14.9 Å². The molecule has 0 aliphatic heterocycles. The van der Waals surface area contributed by atoms with E-state index in [1.807, 2.05) is 31.2 Å². The number of carbonyl (C=O) groups excluding carboxylic acids is 3. The van der Waals surface area contributed by atoms with Crippen LogP contribution in [0.2, 0.25) is 0 Å². The molecule has 4 aromatic carbocycles. The maximum atomic E-state index is 13.5. The predicted molar refractivity (Wildman–Crippen MR) is 184 cm³/mol. The van der Waals surface area contributed by atoms with Crippen LogP contribution in [0.1, 0.15) is 72.4 Å². The van der Waals surface area contributed by atoms with Crippen molar-refractivity contribution in [2.45, 2.75) is 57.4 Å². The number of ether oxygens (including phenoxy) is 1. The van der Waals surface area contributed by atoms with Crippen LogP contribution in [0.4, 0.5) is 10.5 Å². The number of carbonyl (C=O) groups is 3. The van der Waals surface area contributed by atoms with E-state index in [0.717, 1.165) is 24.0 Å². The third kappa shape index (κ3) is 8.86. The third-order valence-corrected chi connectivity index (χ3v) is 9.06. The van der Waals surface area contributed by atoms with Crippen molar-refractivity contribution in [3.8, 4) is 11.1 Å². The molecule has 47 heavy (non-hydrogen) atoms. The summed E-state index contributed by atoms with van der Waals surface area (Å²) in [4.78, 5) is 39.6. The van der Waals surface area contributed by atoms with E-state index in [2.05, 4.69) is 30.8 Å². The Hall–Kier alpha value is -4.96. The van der Waals surface area contributed by atoms with E-state index in [-0.39, 0.29) is 28.4 Å². The van der Waals surface area contributed by atoms with E-state index >= 15 is 0 Å². The summed E-state index contributed by atoms with van der Waals surface area (Å²) in [5.41, 5.74) is 3.98. The minimum absolute atomic E-state index is 0.0324. The molecular weight excluding hydrogens is 614 g/mol. The van der Waals surface area contributed by atoms with Crippen LogP contribution in [-0.4, -0.2) is 40.0 Å². The lowest BCUT2D eigenvalue weighted by molar-refractivity contribution is 0.0600. The maximum Gasteiger partial charge on any atom is 0.337 e. The highest BCUT2D eigenvalue weighted by Crippen LogP contribution is 2.29. The van der Waals surface area contributed by atoms with E-state index in [9.17, 15) is 22.8 Å². The summed E-state index contributed by atoms with van der Waals surface area (Å²) in [7, 11) is -2.91. The lowest BCUT2D eigenvalue weighted by atomic mass is 9.87. The Morgan fingerprint density at radius 1 is 0.809 bits per heavy atom. The summed E-state index contributed by atoms with van der Waals surface area (Å²) >= 11 is 0. The largest absolute Gasteiger partial charge is 0.465 e. The summed E-state index contributed by atoms with van der Waals surface area (Å²) < 4.78 is 33.9. The van der Waals surface area contributed by atoms with Crippen LogP contribution in [0.5, 0.6) is 0 Å². The molecule has 9 nitrogen and oxygen atoms in total. The molecule has 10 heteroatoms. The molecule has 0 saturated heterocycles. The van der Waals surface area contributed by atoms with Crippen molar-refractivity contribution in [2.75, 3.05) is 18.6 Å². The standard InChI is InChI=1S/C37H41N3O6S/c1-6-7-24-38-36(43)40(31-22-18-29(19-23-31)35(42)46-5)25-26-12-14-27(15-13-26)32-10-8-9-11-33(32)47(44,45)39-34(41)28-16-20-30(21-17-28)37(2,3)4/h8-23H,6-7,24-25H2,1-5H3,(H,38,43)(H,39,41). The molecule has 0 spiro atoms. The summed E-state index contributed by atoms with van der Waals surface area (Å²) in [5, 5.41) is 2.94. The smallest absolute Gasteiger partial charge is 0.337 e. The number of esters is 1. The third-order valence-electron chi connectivity index (χ3n) is 7.67. The molecule has 0 bridgehead atoms. The first-order valence-electron chi connectivity index (χ1n) is 15.4. The van der Waals surface area contributed by atoms with Crippen LogP contribution >= 0.6 is 0 Å². The number of nitrogens with one attached hydrogen (secondary N) is 2. The highest BCUT2D eigenvalue weighted by atomic mass is 32.2. The average Bonchev–Trinajstić information content (AvgIpc) is 3.06. The first-order valence-corrected chi connectivity index (χ1v) is 16.9. The van der Waals surface area contributed by atoms with Gasteiger partial charge in [0.2, 0.25) is 0 Å². The molecule has 0 saturated carbocycles. The van der Waals surface area contributed by atoms with Gasteiger partial charge in [-0.25, -0.2) is 22.7 Å². The zero-order valence-electron chi connectivity index (χ0n) is 27.4. The Labute approximate surface area is 277 Å². The monoisotopic (exact) mass is 655 g/mol. The number of nitrogens with zero attached hydrogens (tertiary/aromatic N) is 1. The van der Waals surface area contributed by atoms with Crippen LogP contribution in [0.3, 0.4) is 0 Å². The minimum Gasteiger partial charge on any atom is -0.465 e. The van der Waals surface area contributed by atoms with Gasteiger partial charge >= 0.3 is 12.0 Å². The maximum absolute atomic E-state index is 13.5. The molecule has 4 aromatic rings. The van der Waals surface area contributed by atoms with E-state index < -0.39 is 21.9 Å². The van der Waals surface area contributed by atoms with Crippen molar-refractivity contribution < 1.29 is 27.5 Å². The van der Waals surface area contributed by atoms with Crippen LogP contribution in [-0.2, 0) is 26.7 Å². The van der Waals surface area contributed by atoms with Gasteiger partial charge in [0.1, 0.15) is 0 Å². The molecule has 2 N–H and O–H groups in total. The number of anilines is 1. The second-order valence-electron chi connectivity index (χ2n) is 12.2. The number of sulfonamides is 1. The van der Waals surface area contributed by atoms with Gasteiger partial charge in [-0.15, -0.1) is 0 Å². The highest BCUT2D eigenvalue weighted by molar-refractivity contribution is 7.90. The Balaban J connectivity index is 1.56. The fourth-order valence-electron chi connectivity index (χ4n) is 4.91. The first kappa shape index (κ1) is 34.9. The van der Waals surface area contributed by atoms with Gasteiger partial charge in [0.15, 0.2) is 0 Å². The Bertz CT molecular complexity index is 1810. The molecule has 0 aromatic heterocycles. The van der Waals surface area contributed by atoms with Crippen LogP contribution in [0.25, 0.3) is 11.1 Å². The van der Waals surface area contributed by atoms with E-state index in [1.54, 1.807) is 71.6 Å². The molecule has 246 valence electrons. The number of rotatable bonds is 11. The summed E-state index contributed by atoms with van der Waals surface area (Å²) in [5.74, 6) is -1.18. The number of hydrogen-bond donors (Lipinski definition) is 2. The first-order chi connectivity index (χ1) is 22.3. The van der Waals surface area contributed by atoms with Crippen molar-refractivity contribution in [1.29, 1.82) is 0 Å². The van der Waals surface area contributed by atoms with Crippen molar-refractivity contribution in [3.05, 3.63) is 119 Å². The van der Waals surface area contributed by atoms with E-state index in [1.165, 1.54) is 13.2 Å². The number of unbranched alkanes of at least 4 members (excludes halogenated alkanes) is 1. The minimum atomic E-state index is -4.22. The van der Waals surface area contributed by atoms with Crippen molar-refractivity contribution in [2.24, 2.45) is 0 Å². The van der Waals surface area contributed by atoms with Gasteiger partial charge in [-0.1, -0.05) is 88.7 Å². The molecule has 0 atom stereocenters. The Kier molecular flexibility index (Phi) is 11.2. The number of benzene rings is 4. The van der Waals surface area contributed by atoms with E-state index in [0.29, 0.717) is 28.9 Å². The van der Waals surface area contributed by atoms with Crippen molar-refractivity contribution in [3.63, 3.8) is 0 Å². The summed E-state index contributed by atoms with van der Waals surface area (Å²) in [6, 6.07) is 26.9. The molecule has 0 aliphatic rings. The second kappa shape index (κ2) is 15.1. The van der Waals surface area contributed by atoms with Gasteiger partial charge in [0, 0.05) is 23.4 Å². The SMILES string of the molecule is CCCCNC(=O)N(Cc1ccc(-c2ccccc2S(=O)(=O)NC(=O)c2ccc(C(C)(C)C)cc2)cc1)c1ccc(C(=O)OC)cc1. The second-order valence-corrected chi connectivity index (χ2v) is 13.8. The predicted octanol–water partition coefficient (Wildman–Crippen LogP) is 7.07. The lowest BCUT2D eigenvalue weighted by Crippen LogP contribution is -2.40. The number of hydrogen-bond acceptors (Lipinski definition) is 6. The van der Waals surface area contributed by atoms with Gasteiger partial charge in [-0.3, -0.25) is 9.69 Å². The molecule has 0 heterocycles. The zero-order chi connectivity index (χ0) is 34.2. The van der Waals surface area contributed by atoms with Gasteiger partial charge in [0.25, 0.3) is 15.9 Å². The van der Waals surface area contributed by atoms with Crippen LogP contribution in [0.15, 0.2) is 102 Å². The Morgan fingerprint density at radius 2 is 1.43 bits per heavy atom. The number of urea groups is 1. The van der Waals surface area contributed by atoms with Gasteiger partial charge in [0.05, 0.1) is 24.1 Å². The lowest BCUT2D eigenvalue weighted by Gasteiger charge is -2.24. The molecule has 0 fully saturated rings. The average molecular weight is 656 g/mol. The fraction of sp³-hybridized carbons (Fsp3) is 0.270. The molecule has 4 rings (SSSR count). The zero-order valence-corrected chi connectivity index (χ0v) is 28.2. The van der Waals surface area contributed by atoms with Gasteiger partial charge < -0.3 is 10.1 Å². The molecule has 0 radical (unpaired) electrons. The number of amides is 3. The fourth-order valence-corrected chi connectivity index (χ4v) is 6.12. The highest BCUT2D eigenvalue weighted by Gasteiger charge is 2.24. The normalized spacial score (nSPS) is 11.4. The van der Waals surface area contributed by atoms with Crippen LogP contribution in [0, 0.1) is 0 Å². The van der Waals surface area contributed by atoms with Crippen molar-refractivity contribution in [1.82, 2.24) is 10.0 Å².